The number of unbranched alkanes of at least 4 members (excludes halogenated alkanes) is 2. The zero-order chi connectivity index (χ0) is 14.3. The summed E-state index contributed by atoms with van der Waals surface area (Å²) >= 11 is 0. The Morgan fingerprint density at radius 3 is 2.63 bits per heavy atom. The largest absolute Gasteiger partial charge is 0.398 e. The molecule has 0 aliphatic heterocycles. The van der Waals surface area contributed by atoms with E-state index in [4.69, 9.17) is 10.5 Å². The molecular weight excluding hydrogens is 264 g/mol. The van der Waals surface area contributed by atoms with Crippen molar-refractivity contribution in [3.05, 3.63) is 23.8 Å². The minimum Gasteiger partial charge on any atom is -0.398 e. The van der Waals surface area contributed by atoms with Gasteiger partial charge in [0.2, 0.25) is 10.0 Å². The van der Waals surface area contributed by atoms with Crippen LogP contribution in [0.4, 0.5) is 5.69 Å². The molecule has 3 N–H and O–H groups in total. The van der Waals surface area contributed by atoms with Crippen LogP contribution in [0.15, 0.2) is 23.1 Å². The molecule has 0 radical (unpaired) electrons. The highest BCUT2D eigenvalue weighted by Crippen LogP contribution is 2.16. The van der Waals surface area contributed by atoms with Gasteiger partial charge in [-0.1, -0.05) is 6.07 Å². The van der Waals surface area contributed by atoms with Crippen molar-refractivity contribution in [3.8, 4) is 0 Å². The lowest BCUT2D eigenvalue weighted by atomic mass is 10.2. The van der Waals surface area contributed by atoms with Crippen LogP contribution in [0.2, 0.25) is 0 Å². The van der Waals surface area contributed by atoms with Crippen molar-refractivity contribution in [3.63, 3.8) is 0 Å². The summed E-state index contributed by atoms with van der Waals surface area (Å²) < 4.78 is 31.5. The number of nitrogens with two attached hydrogens (primary N) is 1. The molecule has 0 saturated heterocycles. The van der Waals surface area contributed by atoms with Crippen molar-refractivity contribution in [2.45, 2.75) is 31.1 Å². The van der Waals surface area contributed by atoms with Gasteiger partial charge in [-0.05, 0) is 43.9 Å². The Morgan fingerprint density at radius 2 is 2.00 bits per heavy atom. The highest BCUT2D eigenvalue weighted by Gasteiger charge is 2.13. The van der Waals surface area contributed by atoms with Gasteiger partial charge >= 0.3 is 0 Å². The molecule has 0 aliphatic rings. The van der Waals surface area contributed by atoms with E-state index in [-0.39, 0.29) is 4.90 Å². The number of benzene rings is 1. The Morgan fingerprint density at radius 1 is 1.26 bits per heavy atom. The van der Waals surface area contributed by atoms with Gasteiger partial charge < -0.3 is 10.5 Å². The number of aryl methyl sites for hydroxylation is 1. The molecule has 0 fully saturated rings. The van der Waals surface area contributed by atoms with E-state index < -0.39 is 10.0 Å². The lowest BCUT2D eigenvalue weighted by molar-refractivity contribution is 0.192. The summed E-state index contributed by atoms with van der Waals surface area (Å²) in [6, 6.07) is 4.77. The average molecular weight is 286 g/mol. The number of anilines is 1. The first-order chi connectivity index (χ1) is 8.97. The van der Waals surface area contributed by atoms with Gasteiger partial charge in [-0.2, -0.15) is 0 Å². The molecule has 0 aromatic heterocycles. The van der Waals surface area contributed by atoms with Crippen LogP contribution in [0.3, 0.4) is 0 Å². The van der Waals surface area contributed by atoms with Crippen LogP contribution in [0, 0.1) is 6.92 Å². The second kappa shape index (κ2) is 7.47. The van der Waals surface area contributed by atoms with Gasteiger partial charge in [-0.15, -0.1) is 0 Å². The highest BCUT2D eigenvalue weighted by molar-refractivity contribution is 7.89. The van der Waals surface area contributed by atoms with Crippen LogP contribution < -0.4 is 10.5 Å². The zero-order valence-electron chi connectivity index (χ0n) is 11.5. The van der Waals surface area contributed by atoms with Crippen molar-refractivity contribution >= 4 is 15.7 Å². The fourth-order valence-corrected chi connectivity index (χ4v) is 2.73. The van der Waals surface area contributed by atoms with Gasteiger partial charge in [0.25, 0.3) is 0 Å². The molecule has 0 spiro atoms. The van der Waals surface area contributed by atoms with E-state index >= 15 is 0 Å². The van der Waals surface area contributed by atoms with Gasteiger partial charge in [-0.3, -0.25) is 0 Å². The molecule has 1 rings (SSSR count). The van der Waals surface area contributed by atoms with Crippen LogP contribution in [0.5, 0.6) is 0 Å². The third-order valence-electron chi connectivity index (χ3n) is 2.88. The van der Waals surface area contributed by atoms with Gasteiger partial charge in [0.15, 0.2) is 0 Å². The zero-order valence-corrected chi connectivity index (χ0v) is 12.3. The molecule has 0 atom stereocenters. The van der Waals surface area contributed by atoms with Crippen molar-refractivity contribution in [1.82, 2.24) is 4.72 Å². The van der Waals surface area contributed by atoms with E-state index in [1.807, 2.05) is 6.92 Å². The van der Waals surface area contributed by atoms with Crippen molar-refractivity contribution in [2.24, 2.45) is 0 Å². The second-order valence-electron chi connectivity index (χ2n) is 4.47. The molecular formula is C13H22N2O3S. The van der Waals surface area contributed by atoms with E-state index in [2.05, 4.69) is 4.72 Å². The van der Waals surface area contributed by atoms with Crippen LogP contribution >= 0.6 is 0 Å². The first-order valence-corrected chi connectivity index (χ1v) is 7.80. The number of sulfonamides is 1. The first kappa shape index (κ1) is 15.9. The fourth-order valence-electron chi connectivity index (χ4n) is 1.62. The van der Waals surface area contributed by atoms with Crippen LogP contribution in [0.25, 0.3) is 0 Å². The number of hydrogen-bond donors (Lipinski definition) is 2. The summed E-state index contributed by atoms with van der Waals surface area (Å²) in [5.41, 5.74) is 7.08. The van der Waals surface area contributed by atoms with Crippen LogP contribution in [-0.2, 0) is 14.8 Å². The molecule has 108 valence electrons. The maximum absolute atomic E-state index is 12.0. The highest BCUT2D eigenvalue weighted by atomic mass is 32.2. The number of methoxy groups -OCH3 is 1. The third kappa shape index (κ3) is 5.18. The molecule has 0 bridgehead atoms. The van der Waals surface area contributed by atoms with Crippen molar-refractivity contribution in [1.29, 1.82) is 0 Å². The lowest BCUT2D eigenvalue weighted by Gasteiger charge is -2.08. The fraction of sp³-hybridized carbons (Fsp3) is 0.538. The average Bonchev–Trinajstić information content (AvgIpc) is 2.36. The molecule has 1 aromatic rings. The van der Waals surface area contributed by atoms with Gasteiger partial charge in [0, 0.05) is 25.9 Å². The summed E-state index contributed by atoms with van der Waals surface area (Å²) in [6.45, 7) is 2.98. The van der Waals surface area contributed by atoms with Gasteiger partial charge in [0.1, 0.15) is 0 Å². The maximum Gasteiger partial charge on any atom is 0.240 e. The Labute approximate surface area is 115 Å². The second-order valence-corrected chi connectivity index (χ2v) is 6.24. The van der Waals surface area contributed by atoms with E-state index in [9.17, 15) is 8.42 Å². The minimum atomic E-state index is -3.45. The summed E-state index contributed by atoms with van der Waals surface area (Å²) in [5, 5.41) is 0. The quantitative estimate of drug-likeness (QED) is 0.562. The van der Waals surface area contributed by atoms with E-state index in [0.717, 1.165) is 24.8 Å². The van der Waals surface area contributed by atoms with Crippen LogP contribution in [-0.4, -0.2) is 28.7 Å². The molecule has 5 nitrogen and oxygen atoms in total. The number of nitrogens with one attached hydrogen (secondary N) is 1. The lowest BCUT2D eigenvalue weighted by Crippen LogP contribution is -2.25. The topological polar surface area (TPSA) is 81.4 Å². The SMILES string of the molecule is COCCCCCNS(=O)(=O)c1ccc(C)c(N)c1. The molecule has 0 unspecified atom stereocenters. The normalized spacial score (nSPS) is 11.7. The minimum absolute atomic E-state index is 0.215. The third-order valence-corrected chi connectivity index (χ3v) is 4.34. The summed E-state index contributed by atoms with van der Waals surface area (Å²) in [7, 11) is -1.80. The van der Waals surface area contributed by atoms with E-state index in [0.29, 0.717) is 18.8 Å². The van der Waals surface area contributed by atoms with E-state index in [1.54, 1.807) is 19.2 Å². The summed E-state index contributed by atoms with van der Waals surface area (Å²) in [5.74, 6) is 0. The van der Waals surface area contributed by atoms with E-state index in [1.165, 1.54) is 6.07 Å². The Kier molecular flexibility index (Phi) is 6.27. The monoisotopic (exact) mass is 286 g/mol. The Balaban J connectivity index is 2.49. The van der Waals surface area contributed by atoms with Gasteiger partial charge in [-0.25, -0.2) is 13.1 Å². The van der Waals surface area contributed by atoms with Crippen molar-refractivity contribution < 1.29 is 13.2 Å². The molecule has 0 heterocycles. The predicted octanol–water partition coefficient (Wildman–Crippen LogP) is 1.67. The number of ether oxygens (including phenoxy) is 1. The standard InChI is InChI=1S/C13H22N2O3S/c1-11-6-7-12(10-13(11)14)19(16,17)15-8-4-3-5-9-18-2/h6-7,10,15H,3-5,8-9,14H2,1-2H3. The van der Waals surface area contributed by atoms with Crippen molar-refractivity contribution in [2.75, 3.05) is 26.0 Å². The van der Waals surface area contributed by atoms with Gasteiger partial charge in [0.05, 0.1) is 4.90 Å². The number of rotatable bonds is 8. The molecule has 19 heavy (non-hydrogen) atoms. The maximum atomic E-state index is 12.0. The Hall–Kier alpha value is -1.11. The predicted molar refractivity (Wildman–Crippen MR) is 76.5 cm³/mol. The number of nitrogen functional groups attached to an aromatic ring is 1. The smallest absolute Gasteiger partial charge is 0.240 e. The first-order valence-electron chi connectivity index (χ1n) is 6.32. The van der Waals surface area contributed by atoms with Crippen LogP contribution in [0.1, 0.15) is 24.8 Å². The molecule has 0 saturated carbocycles. The molecule has 6 heteroatoms. The number of hydrogen-bond acceptors (Lipinski definition) is 4. The molecule has 1 aromatic carbocycles. The molecule has 0 amide bonds. The summed E-state index contributed by atoms with van der Waals surface area (Å²) in [4.78, 5) is 0.215. The molecule has 0 aliphatic carbocycles. The summed E-state index contributed by atoms with van der Waals surface area (Å²) in [6.07, 6.45) is 2.67. The Bertz CT molecular complexity index is 501.